The van der Waals surface area contributed by atoms with Crippen molar-refractivity contribution in [3.63, 3.8) is 0 Å². The molecular weight excluding hydrogens is 611 g/mol. The van der Waals surface area contributed by atoms with Crippen molar-refractivity contribution < 1.29 is 28.5 Å². The number of nitrogens with zero attached hydrogens (tertiary/aromatic N) is 4. The first kappa shape index (κ1) is 29.3. The van der Waals surface area contributed by atoms with Gasteiger partial charge in [0.05, 0.1) is 20.6 Å². The number of hydrogen-bond donors (Lipinski definition) is 1. The van der Waals surface area contributed by atoms with Crippen LogP contribution < -0.4 is 24.3 Å². The lowest BCUT2D eigenvalue weighted by atomic mass is 10.1. The Bertz CT molecular complexity index is 1510. The largest absolute Gasteiger partial charge is 0.497 e. The van der Waals surface area contributed by atoms with Crippen molar-refractivity contribution >= 4 is 51.3 Å². The Hall–Kier alpha value is -3.75. The highest BCUT2D eigenvalue weighted by Gasteiger charge is 2.31. The van der Waals surface area contributed by atoms with E-state index >= 15 is 0 Å². The van der Waals surface area contributed by atoms with Gasteiger partial charge in [-0.25, -0.2) is 0 Å². The minimum Gasteiger partial charge on any atom is -0.497 e. The summed E-state index contributed by atoms with van der Waals surface area (Å²) in [6, 6.07) is 11.1. The lowest BCUT2D eigenvalue weighted by Crippen LogP contribution is -2.31. The maximum atomic E-state index is 12.8. The number of ether oxygens (including phenoxy) is 4. The van der Waals surface area contributed by atoms with Gasteiger partial charge >= 0.3 is 0 Å². The van der Waals surface area contributed by atoms with Crippen molar-refractivity contribution in [1.82, 2.24) is 20.4 Å². The highest BCUT2D eigenvalue weighted by Crippen LogP contribution is 2.34. The van der Waals surface area contributed by atoms with E-state index in [1.807, 2.05) is 36.4 Å². The molecule has 11 nitrogen and oxygen atoms in total. The molecule has 6 rings (SSSR count). The summed E-state index contributed by atoms with van der Waals surface area (Å²) in [5.41, 5.74) is 1.92. The lowest BCUT2D eigenvalue weighted by Gasteiger charge is -2.08. The second-order valence-corrected chi connectivity index (χ2v) is 13.3. The zero-order valence-corrected chi connectivity index (χ0v) is 26.0. The van der Waals surface area contributed by atoms with Crippen molar-refractivity contribution in [3.8, 4) is 23.0 Å². The number of fused-ring (bicyclic) bond motifs is 2. The van der Waals surface area contributed by atoms with Gasteiger partial charge in [0.1, 0.15) is 38.0 Å². The first-order valence-electron chi connectivity index (χ1n) is 13.7. The van der Waals surface area contributed by atoms with E-state index in [4.69, 9.17) is 18.9 Å². The van der Waals surface area contributed by atoms with Crippen LogP contribution in [-0.4, -0.2) is 70.0 Å². The summed E-state index contributed by atoms with van der Waals surface area (Å²) in [6.07, 6.45) is 1.64. The summed E-state index contributed by atoms with van der Waals surface area (Å²) in [6.45, 7) is 0. The number of aromatic nitrogens is 4. The topological polar surface area (TPSA) is 135 Å². The molecule has 0 spiro atoms. The molecule has 14 heteroatoms. The minimum atomic E-state index is -0.609. The van der Waals surface area contributed by atoms with E-state index in [9.17, 15) is 9.59 Å². The van der Waals surface area contributed by atoms with Crippen LogP contribution in [-0.2, 0) is 41.7 Å². The number of methoxy groups -OCH3 is 2. The molecule has 2 atom stereocenters. The number of ketones is 1. The van der Waals surface area contributed by atoms with Crippen LogP contribution in [0.25, 0.3) is 0 Å². The summed E-state index contributed by atoms with van der Waals surface area (Å²) < 4.78 is 22.1. The Morgan fingerprint density at radius 3 is 2.09 bits per heavy atom. The summed E-state index contributed by atoms with van der Waals surface area (Å²) >= 11 is 4.63. The SMILES string of the molecule is COc1ccc2c(c1)CC(C(=O)Cc1nnc(CCSCCc3nnc(NC(=O)C4Cc5cc(OC)ccc5O4)s3)s1)O2. The summed E-state index contributed by atoms with van der Waals surface area (Å²) in [4.78, 5) is 25.5. The van der Waals surface area contributed by atoms with Gasteiger partial charge in [0.25, 0.3) is 5.91 Å². The first-order valence-corrected chi connectivity index (χ1v) is 16.5. The van der Waals surface area contributed by atoms with Gasteiger partial charge in [-0.1, -0.05) is 11.3 Å². The van der Waals surface area contributed by atoms with Crippen molar-refractivity contribution in [2.45, 2.75) is 44.3 Å². The van der Waals surface area contributed by atoms with E-state index in [1.165, 1.54) is 22.7 Å². The quantitative estimate of drug-likeness (QED) is 0.213. The molecular formula is C29H29N5O6S3. The third kappa shape index (κ3) is 7.08. The van der Waals surface area contributed by atoms with Crippen LogP contribution in [0.4, 0.5) is 5.13 Å². The van der Waals surface area contributed by atoms with Crippen molar-refractivity contribution in [2.75, 3.05) is 31.0 Å². The molecule has 4 heterocycles. The van der Waals surface area contributed by atoms with E-state index in [0.29, 0.717) is 28.7 Å². The number of thioether (sulfide) groups is 1. The van der Waals surface area contributed by atoms with Gasteiger partial charge in [0.2, 0.25) is 5.13 Å². The standard InChI is InChI=1S/C29H29N5O6S3/c1-37-18-3-5-21-16(11-18)13-23(39-21)20(35)15-27-33-31-25(42-27)7-9-41-10-8-26-32-34-29(43-26)30-28(36)24-14-17-12-19(38-2)4-6-22(17)40-24/h3-6,11-12,23-24H,7-10,13-15H2,1-2H3,(H,30,34,36). The number of carbonyl (C=O) groups is 2. The fraction of sp³-hybridized carbons (Fsp3) is 0.379. The number of aryl methyl sites for hydroxylation is 2. The lowest BCUT2D eigenvalue weighted by molar-refractivity contribution is -0.124. The van der Waals surface area contributed by atoms with Crippen LogP contribution >= 0.6 is 34.4 Å². The minimum absolute atomic E-state index is 0.00128. The van der Waals surface area contributed by atoms with Crippen LogP contribution in [0.1, 0.15) is 26.1 Å². The van der Waals surface area contributed by atoms with Gasteiger partial charge in [-0.2, -0.15) is 11.8 Å². The second kappa shape index (κ2) is 13.3. The third-order valence-corrected chi connectivity index (χ3v) is 9.85. The zero-order valence-electron chi connectivity index (χ0n) is 23.5. The van der Waals surface area contributed by atoms with Crippen LogP contribution in [0.3, 0.4) is 0 Å². The molecule has 2 aliphatic heterocycles. The van der Waals surface area contributed by atoms with Gasteiger partial charge in [-0.15, -0.1) is 31.7 Å². The molecule has 4 aromatic rings. The molecule has 0 saturated heterocycles. The fourth-order valence-corrected chi connectivity index (χ4v) is 7.50. The van der Waals surface area contributed by atoms with Crippen LogP contribution in [0.15, 0.2) is 36.4 Å². The Kier molecular flexibility index (Phi) is 9.05. The third-order valence-electron chi connectivity index (χ3n) is 6.99. The maximum absolute atomic E-state index is 12.8. The highest BCUT2D eigenvalue weighted by molar-refractivity contribution is 7.99. The molecule has 0 fully saturated rings. The summed E-state index contributed by atoms with van der Waals surface area (Å²) in [5.74, 6) is 4.41. The van der Waals surface area contributed by atoms with Gasteiger partial charge in [-0.05, 0) is 47.9 Å². The molecule has 0 bridgehead atoms. The zero-order chi connectivity index (χ0) is 29.8. The van der Waals surface area contributed by atoms with Crippen molar-refractivity contribution in [1.29, 1.82) is 0 Å². The van der Waals surface area contributed by atoms with E-state index in [1.54, 1.807) is 26.0 Å². The summed E-state index contributed by atoms with van der Waals surface area (Å²) in [5, 5.41) is 22.6. The highest BCUT2D eigenvalue weighted by atomic mass is 32.2. The number of anilines is 1. The van der Waals surface area contributed by atoms with Gasteiger partial charge < -0.3 is 18.9 Å². The van der Waals surface area contributed by atoms with E-state index in [2.05, 4.69) is 25.7 Å². The van der Waals surface area contributed by atoms with Gasteiger partial charge in [0, 0.05) is 36.8 Å². The Labute approximate surface area is 260 Å². The second-order valence-electron chi connectivity index (χ2n) is 9.90. The molecule has 224 valence electrons. The Morgan fingerprint density at radius 2 is 1.42 bits per heavy atom. The smallest absolute Gasteiger partial charge is 0.267 e. The molecule has 2 unspecified atom stereocenters. The molecule has 2 aromatic carbocycles. The molecule has 2 aromatic heterocycles. The van der Waals surface area contributed by atoms with Crippen molar-refractivity contribution in [2.24, 2.45) is 0 Å². The average Bonchev–Trinajstić information content (AvgIpc) is 3.82. The van der Waals surface area contributed by atoms with Crippen LogP contribution in [0, 0.1) is 0 Å². The molecule has 0 saturated carbocycles. The van der Waals surface area contributed by atoms with Gasteiger partial charge in [-0.3, -0.25) is 14.9 Å². The molecule has 43 heavy (non-hydrogen) atoms. The van der Waals surface area contributed by atoms with E-state index in [0.717, 1.165) is 62.7 Å². The number of hydrogen-bond acceptors (Lipinski definition) is 13. The maximum Gasteiger partial charge on any atom is 0.267 e. The fourth-order valence-electron chi connectivity index (χ4n) is 4.77. The summed E-state index contributed by atoms with van der Waals surface area (Å²) in [7, 11) is 3.23. The van der Waals surface area contributed by atoms with Gasteiger partial charge in [0.15, 0.2) is 18.0 Å². The predicted molar refractivity (Wildman–Crippen MR) is 164 cm³/mol. The van der Waals surface area contributed by atoms with Crippen LogP contribution in [0.2, 0.25) is 0 Å². The normalized spacial score (nSPS) is 16.6. The molecule has 0 radical (unpaired) electrons. The number of carbonyl (C=O) groups excluding carboxylic acids is 2. The van der Waals surface area contributed by atoms with Crippen molar-refractivity contribution in [3.05, 3.63) is 62.5 Å². The number of amides is 1. The average molecular weight is 640 g/mol. The Balaban J connectivity index is 0.885. The van der Waals surface area contributed by atoms with Crippen LogP contribution in [0.5, 0.6) is 23.0 Å². The predicted octanol–water partition coefficient (Wildman–Crippen LogP) is 3.98. The first-order chi connectivity index (χ1) is 21.0. The Morgan fingerprint density at radius 1 is 0.837 bits per heavy atom. The molecule has 0 aliphatic carbocycles. The number of rotatable bonds is 13. The van der Waals surface area contributed by atoms with E-state index in [-0.39, 0.29) is 18.1 Å². The number of nitrogens with one attached hydrogen (secondary N) is 1. The molecule has 2 aliphatic rings. The molecule has 1 amide bonds. The number of Topliss-reactive ketones (excluding diaryl/α,β-unsaturated/α-hetero) is 1. The molecule has 1 N–H and O–H groups in total. The monoisotopic (exact) mass is 639 g/mol. The number of benzene rings is 2. The van der Waals surface area contributed by atoms with E-state index < -0.39 is 12.2 Å².